The molecular formula is C31H28N2O3. The van der Waals surface area contributed by atoms with Crippen LogP contribution in [0.5, 0.6) is 5.75 Å². The summed E-state index contributed by atoms with van der Waals surface area (Å²) < 4.78 is 11.4. The van der Waals surface area contributed by atoms with Gasteiger partial charge in [-0.1, -0.05) is 66.2 Å². The van der Waals surface area contributed by atoms with E-state index in [0.29, 0.717) is 23.3 Å². The number of rotatable bonds is 7. The van der Waals surface area contributed by atoms with Gasteiger partial charge >= 0.3 is 0 Å². The molecule has 36 heavy (non-hydrogen) atoms. The van der Waals surface area contributed by atoms with Gasteiger partial charge in [-0.15, -0.1) is 0 Å². The minimum Gasteiger partial charge on any atom is -0.493 e. The third-order valence-electron chi connectivity index (χ3n) is 6.64. The van der Waals surface area contributed by atoms with Crippen molar-refractivity contribution in [1.82, 2.24) is 4.90 Å². The monoisotopic (exact) mass is 476 g/mol. The maximum atomic E-state index is 12.1. The van der Waals surface area contributed by atoms with Crippen molar-refractivity contribution in [2.75, 3.05) is 26.2 Å². The van der Waals surface area contributed by atoms with Crippen LogP contribution >= 0.6 is 0 Å². The van der Waals surface area contributed by atoms with Gasteiger partial charge in [-0.25, -0.2) is 0 Å². The Morgan fingerprint density at radius 3 is 2.22 bits per heavy atom. The van der Waals surface area contributed by atoms with Crippen molar-refractivity contribution in [3.05, 3.63) is 118 Å². The van der Waals surface area contributed by atoms with Crippen LogP contribution in [0, 0.1) is 11.3 Å². The van der Waals surface area contributed by atoms with E-state index < -0.39 is 0 Å². The van der Waals surface area contributed by atoms with E-state index in [-0.39, 0.29) is 11.2 Å². The second-order valence-corrected chi connectivity index (χ2v) is 9.00. The van der Waals surface area contributed by atoms with E-state index in [1.165, 1.54) is 28.3 Å². The second kappa shape index (κ2) is 11.1. The van der Waals surface area contributed by atoms with E-state index in [0.717, 1.165) is 38.9 Å². The van der Waals surface area contributed by atoms with E-state index in [2.05, 4.69) is 65.6 Å². The summed E-state index contributed by atoms with van der Waals surface area (Å²) in [6.45, 7) is 3.62. The Morgan fingerprint density at radius 1 is 0.917 bits per heavy atom. The molecule has 3 aromatic carbocycles. The Kier molecular flexibility index (Phi) is 7.25. The van der Waals surface area contributed by atoms with Crippen LogP contribution in [0.4, 0.5) is 0 Å². The molecule has 1 aliphatic heterocycles. The summed E-state index contributed by atoms with van der Waals surface area (Å²) in [5.74, 6) is 0.644. The van der Waals surface area contributed by atoms with Crippen LogP contribution in [0.15, 0.2) is 99.7 Å². The minimum absolute atomic E-state index is 0.00542. The summed E-state index contributed by atoms with van der Waals surface area (Å²) in [6.07, 6.45) is 3.03. The molecule has 1 aliphatic rings. The SMILES string of the molecule is N#Cc1cc(=O)c2ccc(OCCCN3CCC(=C(c4ccccc4)c4ccccc4)CC3)cc2o1. The normalized spacial score (nSPS) is 13.9. The molecule has 4 aromatic rings. The van der Waals surface area contributed by atoms with Crippen LogP contribution in [-0.2, 0) is 0 Å². The average Bonchev–Trinajstić information content (AvgIpc) is 2.93. The van der Waals surface area contributed by atoms with Gasteiger partial charge < -0.3 is 14.1 Å². The molecular weight excluding hydrogens is 448 g/mol. The molecule has 0 radical (unpaired) electrons. The van der Waals surface area contributed by atoms with E-state index in [9.17, 15) is 4.79 Å². The van der Waals surface area contributed by atoms with Gasteiger partial charge in [0.1, 0.15) is 17.4 Å². The maximum absolute atomic E-state index is 12.1. The molecule has 180 valence electrons. The lowest BCUT2D eigenvalue weighted by Gasteiger charge is -2.30. The number of hydrogen-bond acceptors (Lipinski definition) is 5. The highest BCUT2D eigenvalue weighted by atomic mass is 16.5. The molecule has 1 saturated heterocycles. The van der Waals surface area contributed by atoms with Crippen molar-refractivity contribution >= 4 is 16.5 Å². The lowest BCUT2D eigenvalue weighted by Crippen LogP contribution is -2.32. The van der Waals surface area contributed by atoms with Gasteiger partial charge in [-0.05, 0) is 48.1 Å². The first-order valence-electron chi connectivity index (χ1n) is 12.4. The van der Waals surface area contributed by atoms with Gasteiger partial charge in [0.25, 0.3) is 0 Å². The van der Waals surface area contributed by atoms with E-state index >= 15 is 0 Å². The largest absolute Gasteiger partial charge is 0.493 e. The third-order valence-corrected chi connectivity index (χ3v) is 6.64. The fourth-order valence-electron chi connectivity index (χ4n) is 4.84. The van der Waals surface area contributed by atoms with Gasteiger partial charge in [0.05, 0.1) is 12.0 Å². The molecule has 0 bridgehead atoms. The minimum atomic E-state index is -0.222. The molecule has 0 saturated carbocycles. The summed E-state index contributed by atoms with van der Waals surface area (Å²) in [7, 11) is 0. The van der Waals surface area contributed by atoms with Gasteiger partial charge in [-0.3, -0.25) is 4.79 Å². The second-order valence-electron chi connectivity index (χ2n) is 9.00. The van der Waals surface area contributed by atoms with Crippen molar-refractivity contribution in [2.24, 2.45) is 0 Å². The van der Waals surface area contributed by atoms with Crippen molar-refractivity contribution in [3.63, 3.8) is 0 Å². The summed E-state index contributed by atoms with van der Waals surface area (Å²) in [4.78, 5) is 14.6. The molecule has 0 N–H and O–H groups in total. The lowest BCUT2D eigenvalue weighted by molar-refractivity contribution is 0.223. The molecule has 5 rings (SSSR count). The van der Waals surface area contributed by atoms with Crippen molar-refractivity contribution < 1.29 is 9.15 Å². The Bertz CT molecular complexity index is 1420. The predicted molar refractivity (Wildman–Crippen MR) is 142 cm³/mol. The zero-order valence-electron chi connectivity index (χ0n) is 20.2. The van der Waals surface area contributed by atoms with Crippen LogP contribution in [0.3, 0.4) is 0 Å². The number of nitrogens with zero attached hydrogens (tertiary/aromatic N) is 2. The van der Waals surface area contributed by atoms with Crippen molar-refractivity contribution in [3.8, 4) is 11.8 Å². The molecule has 0 atom stereocenters. The number of likely N-dealkylation sites (tertiary alicyclic amines) is 1. The van der Waals surface area contributed by atoms with Crippen molar-refractivity contribution in [2.45, 2.75) is 19.3 Å². The van der Waals surface area contributed by atoms with Crippen LogP contribution < -0.4 is 10.2 Å². The molecule has 0 amide bonds. The number of benzene rings is 3. The zero-order valence-corrected chi connectivity index (χ0v) is 20.2. The molecule has 0 aliphatic carbocycles. The maximum Gasteiger partial charge on any atom is 0.207 e. The summed E-state index contributed by atoms with van der Waals surface area (Å²) in [5.41, 5.74) is 5.62. The summed E-state index contributed by atoms with van der Waals surface area (Å²) in [5, 5.41) is 9.48. The fourth-order valence-corrected chi connectivity index (χ4v) is 4.84. The molecule has 5 heteroatoms. The highest BCUT2D eigenvalue weighted by molar-refractivity contribution is 5.82. The average molecular weight is 477 g/mol. The Balaban J connectivity index is 1.18. The number of fused-ring (bicyclic) bond motifs is 1. The number of nitriles is 1. The highest BCUT2D eigenvalue weighted by Gasteiger charge is 2.18. The van der Waals surface area contributed by atoms with Gasteiger partial charge in [0, 0.05) is 31.8 Å². The molecule has 1 fully saturated rings. The topological polar surface area (TPSA) is 66.5 Å². The number of piperidine rings is 1. The number of ether oxygens (including phenoxy) is 1. The smallest absolute Gasteiger partial charge is 0.207 e. The summed E-state index contributed by atoms with van der Waals surface area (Å²) >= 11 is 0. The highest BCUT2D eigenvalue weighted by Crippen LogP contribution is 2.32. The van der Waals surface area contributed by atoms with Gasteiger partial charge in [0.2, 0.25) is 5.76 Å². The van der Waals surface area contributed by atoms with Crippen LogP contribution in [-0.4, -0.2) is 31.1 Å². The van der Waals surface area contributed by atoms with E-state index in [4.69, 9.17) is 14.4 Å². The molecule has 1 aromatic heterocycles. The first kappa shape index (κ1) is 23.6. The Hall–Kier alpha value is -4.14. The van der Waals surface area contributed by atoms with E-state index in [1.807, 2.05) is 6.07 Å². The first-order chi connectivity index (χ1) is 17.7. The Morgan fingerprint density at radius 2 is 1.58 bits per heavy atom. The van der Waals surface area contributed by atoms with Crippen LogP contribution in [0.1, 0.15) is 36.1 Å². The zero-order chi connectivity index (χ0) is 24.7. The van der Waals surface area contributed by atoms with Crippen LogP contribution in [0.2, 0.25) is 0 Å². The molecule has 5 nitrogen and oxygen atoms in total. The molecule has 0 unspecified atom stereocenters. The number of hydrogen-bond donors (Lipinski definition) is 0. The van der Waals surface area contributed by atoms with E-state index in [1.54, 1.807) is 18.2 Å². The first-order valence-corrected chi connectivity index (χ1v) is 12.4. The van der Waals surface area contributed by atoms with Gasteiger partial charge in [0.15, 0.2) is 5.43 Å². The third kappa shape index (κ3) is 5.40. The standard InChI is InChI=1S/C31H28N2O3/c32-22-27-20-29(34)28-13-12-26(21-30(28)36-27)35-19-7-16-33-17-14-25(15-18-33)31(23-8-3-1-4-9-23)24-10-5-2-6-11-24/h1-6,8-13,20-21H,7,14-19H2. The molecule has 0 spiro atoms. The summed E-state index contributed by atoms with van der Waals surface area (Å²) in [6, 6.07) is 29.6. The van der Waals surface area contributed by atoms with Crippen LogP contribution in [0.25, 0.3) is 16.5 Å². The predicted octanol–water partition coefficient (Wildman–Crippen LogP) is 6.03. The molecule has 2 heterocycles. The lowest BCUT2D eigenvalue weighted by atomic mass is 9.88. The quantitative estimate of drug-likeness (QED) is 0.305. The van der Waals surface area contributed by atoms with Gasteiger partial charge in [-0.2, -0.15) is 5.26 Å². The Labute approximate surface area is 210 Å². The van der Waals surface area contributed by atoms with Crippen molar-refractivity contribution in [1.29, 1.82) is 5.26 Å². The fraction of sp³-hybridized carbons (Fsp3) is 0.226.